The Bertz CT molecular complexity index is 514. The highest BCUT2D eigenvalue weighted by atomic mass is 35.5. The van der Waals surface area contributed by atoms with Gasteiger partial charge in [-0.2, -0.15) is 4.98 Å². The van der Waals surface area contributed by atoms with Crippen LogP contribution in [0.5, 0.6) is 0 Å². The van der Waals surface area contributed by atoms with E-state index in [1.807, 2.05) is 6.07 Å². The van der Waals surface area contributed by atoms with Crippen molar-refractivity contribution in [2.45, 2.75) is 19.9 Å². The van der Waals surface area contributed by atoms with E-state index in [2.05, 4.69) is 40.6 Å². The molecule has 2 aromatic rings. The molecule has 0 spiro atoms. The van der Waals surface area contributed by atoms with Crippen molar-refractivity contribution in [3.8, 4) is 0 Å². The van der Waals surface area contributed by atoms with Crippen molar-refractivity contribution >= 4 is 40.4 Å². The van der Waals surface area contributed by atoms with Gasteiger partial charge < -0.3 is 5.32 Å². The van der Waals surface area contributed by atoms with E-state index in [0.29, 0.717) is 16.8 Å². The summed E-state index contributed by atoms with van der Waals surface area (Å²) >= 11 is 13.6. The molecule has 0 saturated carbocycles. The van der Waals surface area contributed by atoms with Crippen LogP contribution in [0.25, 0.3) is 0 Å². The van der Waals surface area contributed by atoms with Gasteiger partial charge in [-0.3, -0.25) is 0 Å². The number of hydrogen-bond acceptors (Lipinski definition) is 4. The zero-order valence-electron chi connectivity index (χ0n) is 10.0. The lowest BCUT2D eigenvalue weighted by molar-refractivity contribution is 0.552. The Kier molecular flexibility index (Phi) is 4.43. The lowest BCUT2D eigenvalue weighted by Gasteiger charge is -2.22. The van der Waals surface area contributed by atoms with Gasteiger partial charge in [0.15, 0.2) is 0 Å². The van der Waals surface area contributed by atoms with Crippen molar-refractivity contribution in [1.82, 2.24) is 9.97 Å². The Balaban J connectivity index is 2.27. The smallest absolute Gasteiger partial charge is 0.224 e. The fraction of sp³-hybridized carbons (Fsp3) is 0.333. The fourth-order valence-electron chi connectivity index (χ4n) is 1.63. The third-order valence-electron chi connectivity index (χ3n) is 2.52. The van der Waals surface area contributed by atoms with E-state index in [-0.39, 0.29) is 11.3 Å². The molecule has 2 rings (SSSR count). The van der Waals surface area contributed by atoms with Gasteiger partial charge >= 0.3 is 0 Å². The number of nitrogens with zero attached hydrogens (tertiary/aromatic N) is 2. The highest BCUT2D eigenvalue weighted by molar-refractivity contribution is 7.10. The number of hydrogen-bond donors (Lipinski definition) is 1. The first-order valence-corrected chi connectivity index (χ1v) is 7.19. The van der Waals surface area contributed by atoms with Gasteiger partial charge in [-0.15, -0.1) is 11.3 Å². The quantitative estimate of drug-likeness (QED) is 0.835. The second-order valence-corrected chi connectivity index (χ2v) is 5.94. The second-order valence-electron chi connectivity index (χ2n) is 4.22. The molecule has 6 heteroatoms. The third kappa shape index (κ3) is 3.13. The van der Waals surface area contributed by atoms with Crippen LogP contribution in [-0.2, 0) is 0 Å². The SMILES string of the molecule is CC(C)C(Nc1nc(Cl)ncc1Cl)c1cccs1. The molecule has 2 aromatic heterocycles. The minimum absolute atomic E-state index is 0.161. The molecule has 0 aliphatic heterocycles. The molecule has 0 aliphatic rings. The first-order chi connectivity index (χ1) is 8.58. The Labute approximate surface area is 120 Å². The first kappa shape index (κ1) is 13.6. The maximum atomic E-state index is 6.06. The van der Waals surface area contributed by atoms with E-state index in [1.54, 1.807) is 11.3 Å². The molecule has 1 N–H and O–H groups in total. The van der Waals surface area contributed by atoms with Gasteiger partial charge in [-0.1, -0.05) is 31.5 Å². The van der Waals surface area contributed by atoms with Gasteiger partial charge in [0, 0.05) is 4.88 Å². The van der Waals surface area contributed by atoms with Crippen molar-refractivity contribution in [2.24, 2.45) is 5.92 Å². The second kappa shape index (κ2) is 5.87. The average molecular weight is 302 g/mol. The molecule has 0 fully saturated rings. The van der Waals surface area contributed by atoms with E-state index in [1.165, 1.54) is 11.1 Å². The van der Waals surface area contributed by atoms with Crippen LogP contribution >= 0.6 is 34.5 Å². The van der Waals surface area contributed by atoms with Crippen molar-refractivity contribution in [3.63, 3.8) is 0 Å². The fourth-order valence-corrected chi connectivity index (χ4v) is 2.86. The van der Waals surface area contributed by atoms with Crippen LogP contribution in [0.1, 0.15) is 24.8 Å². The van der Waals surface area contributed by atoms with Crippen LogP contribution in [0.4, 0.5) is 5.82 Å². The maximum absolute atomic E-state index is 6.06. The highest BCUT2D eigenvalue weighted by Crippen LogP contribution is 2.31. The molecular weight excluding hydrogens is 289 g/mol. The molecule has 2 heterocycles. The molecule has 96 valence electrons. The summed E-state index contributed by atoms with van der Waals surface area (Å²) in [6, 6.07) is 4.29. The lowest BCUT2D eigenvalue weighted by atomic mass is 10.0. The molecule has 0 aliphatic carbocycles. The topological polar surface area (TPSA) is 37.8 Å². The third-order valence-corrected chi connectivity index (χ3v) is 3.94. The summed E-state index contributed by atoms with van der Waals surface area (Å²) in [5.41, 5.74) is 0. The van der Waals surface area contributed by atoms with E-state index in [4.69, 9.17) is 23.2 Å². The molecule has 1 unspecified atom stereocenters. The minimum Gasteiger partial charge on any atom is -0.361 e. The summed E-state index contributed by atoms with van der Waals surface area (Å²) in [6.45, 7) is 4.29. The Hall–Kier alpha value is -0.840. The average Bonchev–Trinajstić information content (AvgIpc) is 2.83. The van der Waals surface area contributed by atoms with Gasteiger partial charge in [-0.25, -0.2) is 4.98 Å². The van der Waals surface area contributed by atoms with Crippen LogP contribution in [0.3, 0.4) is 0 Å². The lowest BCUT2D eigenvalue weighted by Crippen LogP contribution is -2.16. The molecule has 0 saturated heterocycles. The van der Waals surface area contributed by atoms with E-state index in [9.17, 15) is 0 Å². The standard InChI is InChI=1S/C12H13Cl2N3S/c1-7(2)10(9-4-3-5-18-9)16-11-8(13)6-15-12(14)17-11/h3-7,10H,1-2H3,(H,15,16,17). The van der Waals surface area contributed by atoms with E-state index >= 15 is 0 Å². The zero-order chi connectivity index (χ0) is 13.1. The minimum atomic E-state index is 0.161. The molecular formula is C12H13Cl2N3S. The summed E-state index contributed by atoms with van der Waals surface area (Å²) in [5.74, 6) is 0.984. The van der Waals surface area contributed by atoms with Crippen LogP contribution < -0.4 is 5.32 Å². The van der Waals surface area contributed by atoms with Gasteiger partial charge in [0.1, 0.15) is 10.8 Å². The first-order valence-electron chi connectivity index (χ1n) is 5.56. The van der Waals surface area contributed by atoms with Crippen LogP contribution in [0.15, 0.2) is 23.7 Å². The van der Waals surface area contributed by atoms with Gasteiger partial charge in [0.25, 0.3) is 0 Å². The number of anilines is 1. The van der Waals surface area contributed by atoms with Crippen LogP contribution in [0, 0.1) is 5.92 Å². The van der Waals surface area contributed by atoms with Crippen LogP contribution in [-0.4, -0.2) is 9.97 Å². The number of rotatable bonds is 4. The summed E-state index contributed by atoms with van der Waals surface area (Å²) in [5, 5.41) is 6.05. The summed E-state index contributed by atoms with van der Waals surface area (Å²) in [7, 11) is 0. The Morgan fingerprint density at radius 1 is 1.33 bits per heavy atom. The molecule has 3 nitrogen and oxygen atoms in total. The molecule has 0 bridgehead atoms. The molecule has 18 heavy (non-hydrogen) atoms. The van der Waals surface area contributed by atoms with Crippen molar-refractivity contribution in [2.75, 3.05) is 5.32 Å². The van der Waals surface area contributed by atoms with Crippen molar-refractivity contribution < 1.29 is 0 Å². The number of aromatic nitrogens is 2. The molecule has 0 aromatic carbocycles. The predicted molar refractivity (Wildman–Crippen MR) is 77.6 cm³/mol. The van der Waals surface area contributed by atoms with Crippen molar-refractivity contribution in [3.05, 3.63) is 38.9 Å². The highest BCUT2D eigenvalue weighted by Gasteiger charge is 2.18. The van der Waals surface area contributed by atoms with Crippen LogP contribution in [0.2, 0.25) is 10.3 Å². The predicted octanol–water partition coefficient (Wildman–Crippen LogP) is 4.65. The number of nitrogens with one attached hydrogen (secondary N) is 1. The van der Waals surface area contributed by atoms with Crippen molar-refractivity contribution in [1.29, 1.82) is 0 Å². The van der Waals surface area contributed by atoms with Gasteiger partial charge in [0.2, 0.25) is 5.28 Å². The zero-order valence-corrected chi connectivity index (χ0v) is 12.4. The monoisotopic (exact) mass is 301 g/mol. The summed E-state index contributed by atoms with van der Waals surface area (Å²) in [4.78, 5) is 9.21. The summed E-state index contributed by atoms with van der Waals surface area (Å²) < 4.78 is 0. The normalized spacial score (nSPS) is 12.7. The number of thiophene rings is 1. The van der Waals surface area contributed by atoms with E-state index < -0.39 is 0 Å². The molecule has 0 radical (unpaired) electrons. The van der Waals surface area contributed by atoms with E-state index in [0.717, 1.165) is 0 Å². The Morgan fingerprint density at radius 2 is 2.11 bits per heavy atom. The maximum Gasteiger partial charge on any atom is 0.224 e. The van der Waals surface area contributed by atoms with Gasteiger partial charge in [-0.05, 0) is 29.0 Å². The summed E-state index contributed by atoms with van der Waals surface area (Å²) in [6.07, 6.45) is 1.50. The largest absolute Gasteiger partial charge is 0.361 e. The molecule has 1 atom stereocenters. The number of halogens is 2. The van der Waals surface area contributed by atoms with Gasteiger partial charge in [0.05, 0.1) is 12.2 Å². The Morgan fingerprint density at radius 3 is 2.72 bits per heavy atom. The molecule has 0 amide bonds.